The number of furan rings is 1. The Morgan fingerprint density at radius 1 is 1.15 bits per heavy atom. The lowest BCUT2D eigenvalue weighted by Gasteiger charge is -2.15. The van der Waals surface area contributed by atoms with Crippen LogP contribution in [0.4, 0.5) is 5.69 Å². The number of ether oxygens (including phenoxy) is 2. The standard InChI is InChI=1S/C17H21N3O5.ClH/c1-23-14-9-11(16(21)19-7-4-6-18)12(10-15(14)24-2)20-17(22)13-5-3-8-25-13;/h3,5,8-10H,4,6-7,18H2,1-2H3,(H,19,21)(H,20,22);1H. The summed E-state index contributed by atoms with van der Waals surface area (Å²) in [5.74, 6) is 0.0554. The highest BCUT2D eigenvalue weighted by Gasteiger charge is 2.19. The molecule has 9 heteroatoms. The van der Waals surface area contributed by atoms with Crippen molar-refractivity contribution >= 4 is 29.9 Å². The number of nitrogens with two attached hydrogens (primary N) is 1. The summed E-state index contributed by atoms with van der Waals surface area (Å²) >= 11 is 0. The molecule has 2 amide bonds. The zero-order valence-corrected chi connectivity index (χ0v) is 15.4. The van der Waals surface area contributed by atoms with E-state index in [1.807, 2.05) is 0 Å². The third-order valence-corrected chi connectivity index (χ3v) is 3.43. The van der Waals surface area contributed by atoms with Gasteiger partial charge in [0, 0.05) is 12.6 Å². The first-order valence-electron chi connectivity index (χ1n) is 7.69. The van der Waals surface area contributed by atoms with Gasteiger partial charge >= 0.3 is 0 Å². The normalized spacial score (nSPS) is 9.81. The van der Waals surface area contributed by atoms with Crippen LogP contribution in [0.15, 0.2) is 34.9 Å². The van der Waals surface area contributed by atoms with Crippen LogP contribution in [0.2, 0.25) is 0 Å². The Kier molecular flexibility index (Phi) is 8.47. The van der Waals surface area contributed by atoms with Crippen molar-refractivity contribution in [3.8, 4) is 11.5 Å². The first-order valence-corrected chi connectivity index (χ1v) is 7.69. The SMILES string of the molecule is COc1cc(NC(=O)c2ccco2)c(C(=O)NCCCN)cc1OC.Cl. The first-order chi connectivity index (χ1) is 12.1. The fourth-order valence-electron chi connectivity index (χ4n) is 2.16. The molecule has 142 valence electrons. The maximum absolute atomic E-state index is 12.5. The van der Waals surface area contributed by atoms with Gasteiger partial charge in [-0.15, -0.1) is 12.4 Å². The Bertz CT molecular complexity index is 734. The molecule has 0 aliphatic heterocycles. The van der Waals surface area contributed by atoms with Crippen molar-refractivity contribution in [1.29, 1.82) is 0 Å². The van der Waals surface area contributed by atoms with Crippen LogP contribution < -0.4 is 25.8 Å². The molecule has 0 aliphatic rings. The molecule has 8 nitrogen and oxygen atoms in total. The predicted molar refractivity (Wildman–Crippen MR) is 99.5 cm³/mol. The van der Waals surface area contributed by atoms with Crippen molar-refractivity contribution < 1.29 is 23.5 Å². The van der Waals surface area contributed by atoms with Gasteiger partial charge in [0.15, 0.2) is 17.3 Å². The quantitative estimate of drug-likeness (QED) is 0.601. The smallest absolute Gasteiger partial charge is 0.291 e. The number of rotatable bonds is 8. The van der Waals surface area contributed by atoms with Crippen molar-refractivity contribution in [1.82, 2.24) is 5.32 Å². The van der Waals surface area contributed by atoms with Crippen LogP contribution in [0.25, 0.3) is 0 Å². The minimum Gasteiger partial charge on any atom is -0.493 e. The number of hydrogen-bond acceptors (Lipinski definition) is 6. The van der Waals surface area contributed by atoms with Crippen molar-refractivity contribution in [2.45, 2.75) is 6.42 Å². The van der Waals surface area contributed by atoms with Crippen LogP contribution in [0.5, 0.6) is 11.5 Å². The fourth-order valence-corrected chi connectivity index (χ4v) is 2.16. The Balaban J connectivity index is 0.00000338. The molecule has 0 radical (unpaired) electrons. The molecule has 0 unspecified atom stereocenters. The van der Waals surface area contributed by atoms with E-state index in [0.717, 1.165) is 0 Å². The van der Waals surface area contributed by atoms with E-state index in [1.165, 1.54) is 38.7 Å². The van der Waals surface area contributed by atoms with Gasteiger partial charge in [0.2, 0.25) is 0 Å². The van der Waals surface area contributed by atoms with E-state index < -0.39 is 5.91 Å². The molecule has 0 bridgehead atoms. The molecule has 0 saturated carbocycles. The van der Waals surface area contributed by atoms with Gasteiger partial charge < -0.3 is 30.3 Å². The van der Waals surface area contributed by atoms with Crippen molar-refractivity contribution in [3.63, 3.8) is 0 Å². The number of methoxy groups -OCH3 is 2. The Hall–Kier alpha value is -2.71. The fraction of sp³-hybridized carbons (Fsp3) is 0.294. The molecule has 1 aromatic carbocycles. The topological polar surface area (TPSA) is 116 Å². The zero-order chi connectivity index (χ0) is 18.2. The molecule has 0 aliphatic carbocycles. The van der Waals surface area contributed by atoms with Gasteiger partial charge in [-0.3, -0.25) is 9.59 Å². The number of benzene rings is 1. The molecule has 0 spiro atoms. The molecule has 2 rings (SSSR count). The highest BCUT2D eigenvalue weighted by molar-refractivity contribution is 6.08. The Morgan fingerprint density at radius 3 is 2.42 bits per heavy atom. The minimum absolute atomic E-state index is 0. The molecular formula is C17H22ClN3O5. The van der Waals surface area contributed by atoms with E-state index in [4.69, 9.17) is 19.6 Å². The monoisotopic (exact) mass is 383 g/mol. The van der Waals surface area contributed by atoms with Crippen molar-refractivity contribution in [2.75, 3.05) is 32.6 Å². The maximum atomic E-state index is 12.5. The average molecular weight is 384 g/mol. The van der Waals surface area contributed by atoms with E-state index in [-0.39, 0.29) is 35.3 Å². The highest BCUT2D eigenvalue weighted by Crippen LogP contribution is 2.33. The van der Waals surface area contributed by atoms with Crippen LogP contribution in [0.3, 0.4) is 0 Å². The lowest BCUT2D eigenvalue weighted by Crippen LogP contribution is -2.27. The van der Waals surface area contributed by atoms with Crippen LogP contribution in [0.1, 0.15) is 27.3 Å². The van der Waals surface area contributed by atoms with E-state index >= 15 is 0 Å². The summed E-state index contributed by atoms with van der Waals surface area (Å²) in [6.45, 7) is 0.892. The second-order valence-electron chi connectivity index (χ2n) is 5.08. The van der Waals surface area contributed by atoms with Gasteiger partial charge in [-0.1, -0.05) is 0 Å². The van der Waals surface area contributed by atoms with Gasteiger partial charge in [-0.2, -0.15) is 0 Å². The van der Waals surface area contributed by atoms with E-state index in [9.17, 15) is 9.59 Å². The average Bonchev–Trinajstić information content (AvgIpc) is 3.16. The molecule has 26 heavy (non-hydrogen) atoms. The van der Waals surface area contributed by atoms with Gasteiger partial charge in [-0.05, 0) is 31.2 Å². The molecular weight excluding hydrogens is 362 g/mol. The van der Waals surface area contributed by atoms with Crippen LogP contribution >= 0.6 is 12.4 Å². The van der Waals surface area contributed by atoms with Crippen molar-refractivity contribution in [3.05, 3.63) is 41.9 Å². The number of hydrogen-bond donors (Lipinski definition) is 3. The summed E-state index contributed by atoms with van der Waals surface area (Å²) in [7, 11) is 2.94. The number of nitrogens with one attached hydrogen (secondary N) is 2. The zero-order valence-electron chi connectivity index (χ0n) is 14.5. The lowest BCUT2D eigenvalue weighted by atomic mass is 10.1. The first kappa shape index (κ1) is 21.3. The molecule has 1 heterocycles. The highest BCUT2D eigenvalue weighted by atomic mass is 35.5. The molecule has 2 aromatic rings. The Morgan fingerprint density at radius 2 is 1.85 bits per heavy atom. The summed E-state index contributed by atoms with van der Waals surface area (Å²) in [4.78, 5) is 24.7. The van der Waals surface area contributed by atoms with Gasteiger partial charge in [0.1, 0.15) is 0 Å². The number of anilines is 1. The summed E-state index contributed by atoms with van der Waals surface area (Å²) in [5.41, 5.74) is 5.96. The largest absolute Gasteiger partial charge is 0.493 e. The van der Waals surface area contributed by atoms with Crippen LogP contribution in [-0.4, -0.2) is 39.1 Å². The maximum Gasteiger partial charge on any atom is 0.291 e. The molecule has 1 aromatic heterocycles. The van der Waals surface area contributed by atoms with E-state index in [2.05, 4.69) is 10.6 Å². The number of amides is 2. The summed E-state index contributed by atoms with van der Waals surface area (Å²) in [5, 5.41) is 5.40. The van der Waals surface area contributed by atoms with Gasteiger partial charge in [0.05, 0.1) is 31.7 Å². The molecule has 0 saturated heterocycles. The third-order valence-electron chi connectivity index (χ3n) is 3.43. The number of carbonyl (C=O) groups is 2. The molecule has 0 atom stereocenters. The van der Waals surface area contributed by atoms with E-state index in [0.29, 0.717) is 31.0 Å². The number of carbonyl (C=O) groups excluding carboxylic acids is 2. The third kappa shape index (κ3) is 5.14. The van der Waals surface area contributed by atoms with Gasteiger partial charge in [0.25, 0.3) is 11.8 Å². The predicted octanol–water partition coefficient (Wildman–Crippen LogP) is 2.05. The second kappa shape index (κ2) is 10.3. The second-order valence-corrected chi connectivity index (χ2v) is 5.08. The minimum atomic E-state index is -0.478. The van der Waals surface area contributed by atoms with Crippen LogP contribution in [-0.2, 0) is 0 Å². The van der Waals surface area contributed by atoms with Gasteiger partial charge in [-0.25, -0.2) is 0 Å². The lowest BCUT2D eigenvalue weighted by molar-refractivity contribution is 0.0954. The number of halogens is 1. The van der Waals surface area contributed by atoms with E-state index in [1.54, 1.807) is 6.07 Å². The molecule has 0 fully saturated rings. The Labute approximate surface area is 157 Å². The summed E-state index contributed by atoms with van der Waals surface area (Å²) in [6, 6.07) is 6.16. The van der Waals surface area contributed by atoms with Crippen molar-refractivity contribution in [2.24, 2.45) is 5.73 Å². The van der Waals surface area contributed by atoms with Crippen LogP contribution in [0, 0.1) is 0 Å². The summed E-state index contributed by atoms with van der Waals surface area (Å²) < 4.78 is 15.5. The molecule has 4 N–H and O–H groups in total. The summed E-state index contributed by atoms with van der Waals surface area (Å²) in [6.07, 6.45) is 2.04.